The molecule has 1 rings (SSSR count). The minimum Gasteiger partial charge on any atom is -0.356 e. The van der Waals surface area contributed by atoms with Crippen LogP contribution < -0.4 is 10.6 Å². The lowest BCUT2D eigenvalue weighted by molar-refractivity contribution is -0.121. The molecule has 0 saturated carbocycles. The monoisotopic (exact) mass is 254 g/mol. The Kier molecular flexibility index (Phi) is 7.33. The molecule has 18 heavy (non-hydrogen) atoms. The number of carbonyl (C=O) groups excluding carboxylic acids is 1. The van der Waals surface area contributed by atoms with Gasteiger partial charge in [0, 0.05) is 19.5 Å². The topological polar surface area (TPSA) is 41.1 Å². The molecule has 3 heteroatoms. The predicted molar refractivity (Wildman–Crippen MR) is 76.6 cm³/mol. The van der Waals surface area contributed by atoms with Gasteiger partial charge in [0.1, 0.15) is 0 Å². The van der Waals surface area contributed by atoms with Crippen molar-refractivity contribution in [2.45, 2.75) is 65.2 Å². The van der Waals surface area contributed by atoms with Gasteiger partial charge in [-0.3, -0.25) is 4.79 Å². The molecule has 1 fully saturated rings. The number of hydrogen-bond donors (Lipinski definition) is 2. The van der Waals surface area contributed by atoms with E-state index >= 15 is 0 Å². The number of nitrogens with one attached hydrogen (secondary N) is 2. The summed E-state index contributed by atoms with van der Waals surface area (Å²) in [6, 6.07) is 0. The van der Waals surface area contributed by atoms with Crippen molar-refractivity contribution in [3.05, 3.63) is 0 Å². The summed E-state index contributed by atoms with van der Waals surface area (Å²) in [5, 5.41) is 6.52. The van der Waals surface area contributed by atoms with Crippen LogP contribution in [0.2, 0.25) is 0 Å². The highest BCUT2D eigenvalue weighted by Gasteiger charge is 2.26. The highest BCUT2D eigenvalue weighted by molar-refractivity contribution is 5.75. The largest absolute Gasteiger partial charge is 0.356 e. The highest BCUT2D eigenvalue weighted by Crippen LogP contribution is 2.24. The third-order valence-corrected chi connectivity index (χ3v) is 3.91. The predicted octanol–water partition coefficient (Wildman–Crippen LogP) is 2.85. The van der Waals surface area contributed by atoms with E-state index in [-0.39, 0.29) is 11.3 Å². The lowest BCUT2D eigenvalue weighted by Gasteiger charge is -2.34. The third kappa shape index (κ3) is 6.39. The van der Waals surface area contributed by atoms with Crippen molar-refractivity contribution in [3.8, 4) is 0 Å². The molecule has 0 bridgehead atoms. The smallest absolute Gasteiger partial charge is 0.220 e. The van der Waals surface area contributed by atoms with E-state index in [9.17, 15) is 4.79 Å². The molecule has 106 valence electrons. The van der Waals surface area contributed by atoms with Crippen LogP contribution in [0.5, 0.6) is 0 Å². The quantitative estimate of drug-likeness (QED) is 0.654. The van der Waals surface area contributed by atoms with Gasteiger partial charge in [0.15, 0.2) is 0 Å². The van der Waals surface area contributed by atoms with Crippen LogP contribution >= 0.6 is 0 Å². The van der Waals surface area contributed by atoms with Crippen LogP contribution in [0.15, 0.2) is 0 Å². The maximum atomic E-state index is 11.7. The van der Waals surface area contributed by atoms with Crippen molar-refractivity contribution in [3.63, 3.8) is 0 Å². The van der Waals surface area contributed by atoms with Gasteiger partial charge < -0.3 is 10.6 Å². The number of carbonyl (C=O) groups is 1. The summed E-state index contributed by atoms with van der Waals surface area (Å²) in [6.07, 6.45) is 9.21. The molecule has 1 heterocycles. The Morgan fingerprint density at radius 3 is 2.72 bits per heavy atom. The molecule has 1 saturated heterocycles. The van der Waals surface area contributed by atoms with Crippen LogP contribution in [0.4, 0.5) is 0 Å². The lowest BCUT2D eigenvalue weighted by atomic mass is 9.83. The second-order valence-electron chi connectivity index (χ2n) is 6.03. The first kappa shape index (κ1) is 15.5. The average Bonchev–Trinajstić information content (AvgIpc) is 2.37. The maximum absolute atomic E-state index is 11.7. The molecule has 0 aromatic rings. The Bertz CT molecular complexity index is 235. The average molecular weight is 254 g/mol. The van der Waals surface area contributed by atoms with Gasteiger partial charge in [-0.05, 0) is 31.2 Å². The Morgan fingerprint density at radius 2 is 2.06 bits per heavy atom. The molecule has 3 nitrogen and oxygen atoms in total. The molecular formula is C15H30N2O. The molecule has 2 N–H and O–H groups in total. The van der Waals surface area contributed by atoms with E-state index in [0.29, 0.717) is 6.42 Å². The van der Waals surface area contributed by atoms with Crippen LogP contribution in [0, 0.1) is 5.41 Å². The van der Waals surface area contributed by atoms with E-state index in [1.165, 1.54) is 38.5 Å². The maximum Gasteiger partial charge on any atom is 0.220 e. The zero-order chi connectivity index (χ0) is 13.3. The van der Waals surface area contributed by atoms with Crippen molar-refractivity contribution in [2.24, 2.45) is 5.41 Å². The second-order valence-corrected chi connectivity index (χ2v) is 6.03. The minimum atomic E-state index is 0.235. The SMILES string of the molecule is CCCCCCCC(=O)NCC1(C)CCCNC1. The molecule has 1 atom stereocenters. The molecule has 0 radical (unpaired) electrons. The standard InChI is InChI=1S/C15H30N2O/c1-3-4-5-6-7-9-14(18)17-13-15(2)10-8-11-16-12-15/h16H,3-13H2,1-2H3,(H,17,18). The van der Waals surface area contributed by atoms with Gasteiger partial charge >= 0.3 is 0 Å². The fourth-order valence-corrected chi connectivity index (χ4v) is 2.56. The van der Waals surface area contributed by atoms with Crippen molar-refractivity contribution in [1.29, 1.82) is 0 Å². The van der Waals surface area contributed by atoms with Gasteiger partial charge in [-0.2, -0.15) is 0 Å². The summed E-state index contributed by atoms with van der Waals surface area (Å²) >= 11 is 0. The third-order valence-electron chi connectivity index (χ3n) is 3.91. The molecule has 1 unspecified atom stereocenters. The van der Waals surface area contributed by atoms with Gasteiger partial charge in [-0.1, -0.05) is 39.5 Å². The van der Waals surface area contributed by atoms with Crippen molar-refractivity contribution >= 4 is 5.91 Å². The van der Waals surface area contributed by atoms with E-state index in [1.54, 1.807) is 0 Å². The molecule has 0 spiro atoms. The Labute approximate surface area is 112 Å². The summed E-state index contributed by atoms with van der Waals surface area (Å²) in [7, 11) is 0. The summed E-state index contributed by atoms with van der Waals surface area (Å²) in [5.74, 6) is 0.235. The van der Waals surface area contributed by atoms with Gasteiger partial charge in [0.25, 0.3) is 0 Å². The number of piperidine rings is 1. The summed E-state index contributed by atoms with van der Waals surface area (Å²) in [5.41, 5.74) is 0.260. The normalized spacial score (nSPS) is 23.9. The van der Waals surface area contributed by atoms with Crippen LogP contribution in [-0.2, 0) is 4.79 Å². The Balaban J connectivity index is 2.05. The number of rotatable bonds is 8. The van der Waals surface area contributed by atoms with E-state index in [2.05, 4.69) is 24.5 Å². The van der Waals surface area contributed by atoms with Crippen molar-refractivity contribution in [1.82, 2.24) is 10.6 Å². The van der Waals surface area contributed by atoms with Crippen molar-refractivity contribution in [2.75, 3.05) is 19.6 Å². The molecule has 1 amide bonds. The van der Waals surface area contributed by atoms with E-state index in [4.69, 9.17) is 0 Å². The first-order chi connectivity index (χ1) is 8.66. The molecule has 1 aliphatic rings. The first-order valence-corrected chi connectivity index (χ1v) is 7.64. The van der Waals surface area contributed by atoms with E-state index < -0.39 is 0 Å². The minimum absolute atomic E-state index is 0.235. The summed E-state index contributed by atoms with van der Waals surface area (Å²) in [6.45, 7) is 7.46. The van der Waals surface area contributed by atoms with Crippen LogP contribution in [0.25, 0.3) is 0 Å². The molecular weight excluding hydrogens is 224 g/mol. The van der Waals surface area contributed by atoms with E-state index in [0.717, 1.165) is 26.1 Å². The number of amides is 1. The number of unbranched alkanes of at least 4 members (excludes halogenated alkanes) is 4. The molecule has 0 aromatic carbocycles. The van der Waals surface area contributed by atoms with Gasteiger partial charge in [-0.25, -0.2) is 0 Å². The molecule has 0 aromatic heterocycles. The Hall–Kier alpha value is -0.570. The summed E-state index contributed by atoms with van der Waals surface area (Å²) in [4.78, 5) is 11.7. The molecule has 1 aliphatic heterocycles. The second kappa shape index (κ2) is 8.52. The highest BCUT2D eigenvalue weighted by atomic mass is 16.1. The van der Waals surface area contributed by atoms with Gasteiger partial charge in [0.2, 0.25) is 5.91 Å². The Morgan fingerprint density at radius 1 is 1.28 bits per heavy atom. The fourth-order valence-electron chi connectivity index (χ4n) is 2.56. The lowest BCUT2D eigenvalue weighted by Crippen LogP contribution is -2.45. The van der Waals surface area contributed by atoms with Crippen LogP contribution in [0.1, 0.15) is 65.2 Å². The van der Waals surface area contributed by atoms with Gasteiger partial charge in [0.05, 0.1) is 0 Å². The van der Waals surface area contributed by atoms with E-state index in [1.807, 2.05) is 0 Å². The summed E-state index contributed by atoms with van der Waals surface area (Å²) < 4.78 is 0. The van der Waals surface area contributed by atoms with Gasteiger partial charge in [-0.15, -0.1) is 0 Å². The zero-order valence-electron chi connectivity index (χ0n) is 12.2. The first-order valence-electron chi connectivity index (χ1n) is 7.64. The fraction of sp³-hybridized carbons (Fsp3) is 0.933. The van der Waals surface area contributed by atoms with Crippen LogP contribution in [0.3, 0.4) is 0 Å². The number of hydrogen-bond acceptors (Lipinski definition) is 2. The zero-order valence-corrected chi connectivity index (χ0v) is 12.2. The van der Waals surface area contributed by atoms with Crippen LogP contribution in [-0.4, -0.2) is 25.5 Å². The van der Waals surface area contributed by atoms with Crippen molar-refractivity contribution < 1.29 is 4.79 Å². The molecule has 0 aliphatic carbocycles.